The molecule has 0 spiro atoms. The van der Waals surface area contributed by atoms with Crippen LogP contribution < -0.4 is 0 Å². The summed E-state index contributed by atoms with van der Waals surface area (Å²) in [6.45, 7) is 5.58. The highest BCUT2D eigenvalue weighted by Crippen LogP contribution is 2.30. The Labute approximate surface area is 196 Å². The van der Waals surface area contributed by atoms with Crippen molar-refractivity contribution in [2.45, 2.75) is 39.7 Å². The van der Waals surface area contributed by atoms with Gasteiger partial charge < -0.3 is 14.2 Å². The lowest BCUT2D eigenvalue weighted by Gasteiger charge is -2.27. The molecule has 2 amide bonds. The molecule has 0 saturated heterocycles. The molecular weight excluding hydrogens is 412 g/mol. The van der Waals surface area contributed by atoms with E-state index in [-0.39, 0.29) is 18.4 Å². The van der Waals surface area contributed by atoms with E-state index in [9.17, 15) is 9.59 Å². The Morgan fingerprint density at radius 1 is 0.909 bits per heavy atom. The van der Waals surface area contributed by atoms with Crippen LogP contribution in [0.25, 0.3) is 0 Å². The molecule has 5 nitrogen and oxygen atoms in total. The third-order valence-corrected chi connectivity index (χ3v) is 6.10. The Morgan fingerprint density at radius 2 is 1.64 bits per heavy atom. The summed E-state index contributed by atoms with van der Waals surface area (Å²) in [6, 6.07) is 21.6. The van der Waals surface area contributed by atoms with Gasteiger partial charge in [-0.25, -0.2) is 0 Å². The molecule has 2 aromatic carbocycles. The summed E-state index contributed by atoms with van der Waals surface area (Å²) in [5, 5.41) is 0. The topological polar surface area (TPSA) is 53.8 Å². The van der Waals surface area contributed by atoms with Crippen LogP contribution in [-0.2, 0) is 17.8 Å². The molecule has 4 rings (SSSR count). The van der Waals surface area contributed by atoms with Crippen molar-refractivity contribution in [3.8, 4) is 0 Å². The SMILES string of the molecule is Cc1ccc(C(=O)N(CC(=O)N(CCc2ccccc2)Cc2ccc(C)o2)CC2CC2)cc1. The molecule has 3 aromatic rings. The molecule has 1 heterocycles. The molecule has 172 valence electrons. The highest BCUT2D eigenvalue weighted by atomic mass is 16.3. The number of amides is 2. The average Bonchev–Trinajstić information content (AvgIpc) is 3.55. The van der Waals surface area contributed by atoms with Crippen molar-refractivity contribution in [2.24, 2.45) is 5.92 Å². The number of carbonyl (C=O) groups is 2. The van der Waals surface area contributed by atoms with Gasteiger partial charge in [0, 0.05) is 18.7 Å². The lowest BCUT2D eigenvalue weighted by molar-refractivity contribution is -0.132. The van der Waals surface area contributed by atoms with E-state index in [1.165, 1.54) is 5.56 Å². The van der Waals surface area contributed by atoms with Gasteiger partial charge in [0.05, 0.1) is 6.54 Å². The van der Waals surface area contributed by atoms with E-state index < -0.39 is 0 Å². The van der Waals surface area contributed by atoms with Crippen LogP contribution in [0.4, 0.5) is 0 Å². The number of aryl methyl sites for hydroxylation is 2. The molecule has 0 radical (unpaired) electrons. The van der Waals surface area contributed by atoms with Crippen molar-refractivity contribution in [2.75, 3.05) is 19.6 Å². The molecule has 0 bridgehead atoms. The summed E-state index contributed by atoms with van der Waals surface area (Å²) >= 11 is 0. The van der Waals surface area contributed by atoms with Crippen LogP contribution in [0.2, 0.25) is 0 Å². The first kappa shape index (κ1) is 22.8. The second-order valence-electron chi connectivity index (χ2n) is 9.06. The lowest BCUT2D eigenvalue weighted by atomic mass is 10.1. The van der Waals surface area contributed by atoms with E-state index in [4.69, 9.17) is 4.42 Å². The zero-order valence-corrected chi connectivity index (χ0v) is 19.5. The third kappa shape index (κ3) is 6.58. The largest absolute Gasteiger partial charge is 0.464 e. The Balaban J connectivity index is 1.49. The number of hydrogen-bond donors (Lipinski definition) is 0. The maximum atomic E-state index is 13.5. The number of furan rings is 1. The van der Waals surface area contributed by atoms with Gasteiger partial charge in [0.25, 0.3) is 5.91 Å². The molecule has 0 atom stereocenters. The molecule has 1 aromatic heterocycles. The van der Waals surface area contributed by atoms with Crippen molar-refractivity contribution in [1.29, 1.82) is 0 Å². The smallest absolute Gasteiger partial charge is 0.254 e. The highest BCUT2D eigenvalue weighted by Gasteiger charge is 2.30. The lowest BCUT2D eigenvalue weighted by Crippen LogP contribution is -2.44. The van der Waals surface area contributed by atoms with E-state index in [2.05, 4.69) is 12.1 Å². The minimum atomic E-state index is -0.0768. The average molecular weight is 445 g/mol. The zero-order valence-electron chi connectivity index (χ0n) is 19.5. The Kier molecular flexibility index (Phi) is 7.28. The predicted octanol–water partition coefficient (Wildman–Crippen LogP) is 5.02. The Hall–Kier alpha value is -3.34. The van der Waals surface area contributed by atoms with Crippen LogP contribution in [0.15, 0.2) is 71.1 Å². The summed E-state index contributed by atoms with van der Waals surface area (Å²) in [4.78, 5) is 30.3. The van der Waals surface area contributed by atoms with Crippen molar-refractivity contribution in [3.05, 3.63) is 94.9 Å². The molecule has 1 saturated carbocycles. The van der Waals surface area contributed by atoms with Crippen molar-refractivity contribution >= 4 is 11.8 Å². The van der Waals surface area contributed by atoms with Gasteiger partial charge in [-0.3, -0.25) is 9.59 Å². The highest BCUT2D eigenvalue weighted by molar-refractivity contribution is 5.96. The number of carbonyl (C=O) groups excluding carboxylic acids is 2. The van der Waals surface area contributed by atoms with Crippen LogP contribution in [0.1, 0.15) is 45.8 Å². The summed E-state index contributed by atoms with van der Waals surface area (Å²) in [5.74, 6) is 1.95. The second-order valence-corrected chi connectivity index (χ2v) is 9.06. The molecule has 1 aliphatic rings. The summed E-state index contributed by atoms with van der Waals surface area (Å²) < 4.78 is 5.75. The van der Waals surface area contributed by atoms with Crippen molar-refractivity contribution < 1.29 is 14.0 Å². The summed E-state index contributed by atoms with van der Waals surface area (Å²) in [5.41, 5.74) is 2.92. The maximum Gasteiger partial charge on any atom is 0.254 e. The predicted molar refractivity (Wildman–Crippen MR) is 129 cm³/mol. The van der Waals surface area contributed by atoms with Crippen LogP contribution in [0.3, 0.4) is 0 Å². The van der Waals surface area contributed by atoms with Crippen LogP contribution in [0, 0.1) is 19.8 Å². The van der Waals surface area contributed by atoms with Gasteiger partial charge in [-0.05, 0) is 68.9 Å². The van der Waals surface area contributed by atoms with Gasteiger partial charge >= 0.3 is 0 Å². The molecule has 1 aliphatic carbocycles. The Morgan fingerprint density at radius 3 is 2.27 bits per heavy atom. The van der Waals surface area contributed by atoms with Crippen molar-refractivity contribution in [3.63, 3.8) is 0 Å². The first-order valence-corrected chi connectivity index (χ1v) is 11.7. The second kappa shape index (κ2) is 10.5. The van der Waals surface area contributed by atoms with Gasteiger partial charge in [0.15, 0.2) is 0 Å². The minimum absolute atomic E-state index is 0.0545. The first-order chi connectivity index (χ1) is 16.0. The van der Waals surface area contributed by atoms with E-state index in [1.54, 1.807) is 4.90 Å². The monoisotopic (exact) mass is 444 g/mol. The molecule has 33 heavy (non-hydrogen) atoms. The fourth-order valence-electron chi connectivity index (χ4n) is 3.93. The number of nitrogens with zero attached hydrogens (tertiary/aromatic N) is 2. The molecular formula is C28H32N2O3. The summed E-state index contributed by atoms with van der Waals surface area (Å²) in [7, 11) is 0. The standard InChI is InChI=1S/C28H32N2O3/c1-21-8-13-25(14-9-21)28(32)30(18-24-11-12-24)20-27(31)29(19-26-15-10-22(2)33-26)17-16-23-6-4-3-5-7-23/h3-10,13-15,24H,11-12,16-20H2,1-2H3. The van der Waals surface area contributed by atoms with E-state index >= 15 is 0 Å². The summed E-state index contributed by atoms with van der Waals surface area (Å²) in [6.07, 6.45) is 2.99. The zero-order chi connectivity index (χ0) is 23.2. The first-order valence-electron chi connectivity index (χ1n) is 11.7. The minimum Gasteiger partial charge on any atom is -0.464 e. The quantitative estimate of drug-likeness (QED) is 0.441. The normalized spacial score (nSPS) is 13.0. The van der Waals surface area contributed by atoms with Crippen LogP contribution in [-0.4, -0.2) is 41.2 Å². The number of hydrogen-bond acceptors (Lipinski definition) is 3. The third-order valence-electron chi connectivity index (χ3n) is 6.10. The molecule has 1 fully saturated rings. The van der Waals surface area contributed by atoms with E-state index in [1.807, 2.05) is 73.3 Å². The van der Waals surface area contributed by atoms with Crippen LogP contribution >= 0.6 is 0 Å². The van der Waals surface area contributed by atoms with Gasteiger partial charge in [-0.15, -0.1) is 0 Å². The molecule has 0 unspecified atom stereocenters. The Bertz CT molecular complexity index is 1070. The van der Waals surface area contributed by atoms with Crippen molar-refractivity contribution in [1.82, 2.24) is 9.80 Å². The van der Waals surface area contributed by atoms with Crippen LogP contribution in [0.5, 0.6) is 0 Å². The maximum absolute atomic E-state index is 13.5. The number of rotatable bonds is 10. The molecule has 0 N–H and O–H groups in total. The van der Waals surface area contributed by atoms with E-state index in [0.29, 0.717) is 31.1 Å². The number of benzene rings is 2. The van der Waals surface area contributed by atoms with Gasteiger partial charge in [0.2, 0.25) is 5.91 Å². The van der Waals surface area contributed by atoms with Gasteiger partial charge in [0.1, 0.15) is 18.1 Å². The van der Waals surface area contributed by atoms with Gasteiger partial charge in [-0.2, -0.15) is 0 Å². The van der Waals surface area contributed by atoms with E-state index in [0.717, 1.165) is 36.3 Å². The fraction of sp³-hybridized carbons (Fsp3) is 0.357. The fourth-order valence-corrected chi connectivity index (χ4v) is 3.93. The molecule has 5 heteroatoms. The van der Waals surface area contributed by atoms with Gasteiger partial charge in [-0.1, -0.05) is 48.0 Å². The molecule has 0 aliphatic heterocycles.